The van der Waals surface area contributed by atoms with E-state index in [0.717, 1.165) is 5.47 Å². The molecule has 0 aliphatic carbocycles. The van der Waals surface area contributed by atoms with Crippen LogP contribution in [0.2, 0.25) is 0 Å². The minimum Gasteiger partial charge on any atom is -0.444 e. The lowest BCUT2D eigenvalue weighted by atomic mass is 9.78. The fraction of sp³-hybridized carbons (Fsp3) is 0.824. The van der Waals surface area contributed by atoms with Gasteiger partial charge in [0, 0.05) is 13.1 Å². The largest absolute Gasteiger partial charge is 0.492 e. The summed E-state index contributed by atoms with van der Waals surface area (Å²) in [5.74, 6) is 0.325. The molecule has 5 nitrogen and oxygen atoms in total. The normalized spacial score (nSPS) is 27.6. The number of carbonyl (C=O) groups is 1. The fourth-order valence-electron chi connectivity index (χ4n) is 2.97. The lowest BCUT2D eigenvalue weighted by Crippen LogP contribution is -2.48. The third-order valence-electron chi connectivity index (χ3n) is 4.95. The molecular formula is C17H30BNO4. The summed E-state index contributed by atoms with van der Waals surface area (Å²) in [6, 6.07) is 0. The Kier molecular flexibility index (Phi) is 4.64. The predicted molar refractivity (Wildman–Crippen MR) is 91.1 cm³/mol. The fourth-order valence-corrected chi connectivity index (χ4v) is 2.97. The monoisotopic (exact) mass is 323 g/mol. The zero-order valence-electron chi connectivity index (χ0n) is 15.7. The SMILES string of the molecule is CC(C)C1(C)OB(C2=CCN(C(=O)OC(C)(C)C)C2)OC1(C)C. The molecular weight excluding hydrogens is 293 g/mol. The second-order valence-corrected chi connectivity index (χ2v) is 8.48. The van der Waals surface area contributed by atoms with Gasteiger partial charge >= 0.3 is 13.2 Å². The average Bonchev–Trinajstić information content (AvgIpc) is 2.92. The van der Waals surface area contributed by atoms with E-state index in [1.807, 2.05) is 26.8 Å². The van der Waals surface area contributed by atoms with Crippen LogP contribution < -0.4 is 0 Å². The van der Waals surface area contributed by atoms with E-state index in [1.54, 1.807) is 4.90 Å². The van der Waals surface area contributed by atoms with E-state index in [-0.39, 0.29) is 17.3 Å². The van der Waals surface area contributed by atoms with Crippen molar-refractivity contribution >= 4 is 13.2 Å². The van der Waals surface area contributed by atoms with E-state index in [4.69, 9.17) is 14.0 Å². The highest BCUT2D eigenvalue weighted by Crippen LogP contribution is 2.44. The number of hydrogen-bond donors (Lipinski definition) is 0. The summed E-state index contributed by atoms with van der Waals surface area (Å²) in [7, 11) is -0.398. The first kappa shape index (κ1) is 18.3. The standard InChI is InChI=1S/C17H30BNO4/c1-12(2)17(8)16(6,7)22-18(23-17)13-9-10-19(11-13)14(20)21-15(3,4)5/h9,12H,10-11H2,1-8H3. The minimum absolute atomic E-state index is 0.298. The Labute approximate surface area is 140 Å². The van der Waals surface area contributed by atoms with Crippen LogP contribution in [0.1, 0.15) is 55.4 Å². The third-order valence-corrected chi connectivity index (χ3v) is 4.95. The summed E-state index contributed by atoms with van der Waals surface area (Å²) >= 11 is 0. The predicted octanol–water partition coefficient (Wildman–Crippen LogP) is 3.43. The van der Waals surface area contributed by atoms with Crippen molar-refractivity contribution in [3.8, 4) is 0 Å². The van der Waals surface area contributed by atoms with Gasteiger partial charge in [0.25, 0.3) is 0 Å². The maximum absolute atomic E-state index is 12.2. The van der Waals surface area contributed by atoms with Crippen molar-refractivity contribution in [1.29, 1.82) is 0 Å². The van der Waals surface area contributed by atoms with Crippen LogP contribution in [0.15, 0.2) is 11.5 Å². The molecule has 6 heteroatoms. The van der Waals surface area contributed by atoms with Gasteiger partial charge in [-0.25, -0.2) is 4.79 Å². The molecule has 0 saturated carbocycles. The molecule has 0 spiro atoms. The minimum atomic E-state index is -0.488. The summed E-state index contributed by atoms with van der Waals surface area (Å²) in [5, 5.41) is 0. The van der Waals surface area contributed by atoms with Gasteiger partial charge in [-0.2, -0.15) is 0 Å². The first-order valence-electron chi connectivity index (χ1n) is 8.38. The van der Waals surface area contributed by atoms with Gasteiger partial charge in [0.05, 0.1) is 11.2 Å². The van der Waals surface area contributed by atoms with Crippen LogP contribution in [0, 0.1) is 5.92 Å². The van der Waals surface area contributed by atoms with E-state index in [9.17, 15) is 4.79 Å². The summed E-state index contributed by atoms with van der Waals surface area (Å²) in [6.07, 6.45) is 1.71. The molecule has 0 aromatic rings. The maximum Gasteiger partial charge on any atom is 0.492 e. The highest BCUT2D eigenvalue weighted by Gasteiger charge is 2.57. The number of rotatable bonds is 2. The zero-order valence-corrected chi connectivity index (χ0v) is 15.7. The van der Waals surface area contributed by atoms with Crippen LogP contribution in [-0.2, 0) is 14.0 Å². The van der Waals surface area contributed by atoms with Crippen molar-refractivity contribution in [2.45, 2.75) is 72.2 Å². The molecule has 1 fully saturated rings. The van der Waals surface area contributed by atoms with E-state index in [1.165, 1.54) is 0 Å². The number of amides is 1. The smallest absolute Gasteiger partial charge is 0.444 e. The molecule has 0 aromatic heterocycles. The van der Waals surface area contributed by atoms with Gasteiger partial charge in [-0.05, 0) is 52.9 Å². The Balaban J connectivity index is 2.02. The van der Waals surface area contributed by atoms with Gasteiger partial charge in [-0.3, -0.25) is 0 Å². The zero-order chi connectivity index (χ0) is 17.6. The Morgan fingerprint density at radius 2 is 1.91 bits per heavy atom. The Morgan fingerprint density at radius 1 is 1.30 bits per heavy atom. The molecule has 23 heavy (non-hydrogen) atoms. The molecule has 130 valence electrons. The Hall–Kier alpha value is -1.01. The molecule has 0 bridgehead atoms. The molecule has 2 heterocycles. The third kappa shape index (κ3) is 3.58. The van der Waals surface area contributed by atoms with Crippen LogP contribution in [-0.4, -0.2) is 48.0 Å². The topological polar surface area (TPSA) is 48.0 Å². The summed E-state index contributed by atoms with van der Waals surface area (Å²) in [6.45, 7) is 17.1. The van der Waals surface area contributed by atoms with Crippen molar-refractivity contribution in [2.24, 2.45) is 5.92 Å². The van der Waals surface area contributed by atoms with Crippen LogP contribution in [0.4, 0.5) is 4.79 Å². The molecule has 1 unspecified atom stereocenters. The van der Waals surface area contributed by atoms with Gasteiger partial charge in [0.1, 0.15) is 5.60 Å². The summed E-state index contributed by atoms with van der Waals surface area (Å²) < 4.78 is 17.9. The highest BCUT2D eigenvalue weighted by molar-refractivity contribution is 6.55. The van der Waals surface area contributed by atoms with Crippen LogP contribution in [0.3, 0.4) is 0 Å². The van der Waals surface area contributed by atoms with E-state index >= 15 is 0 Å². The number of ether oxygens (including phenoxy) is 1. The molecule has 2 rings (SSSR count). The number of hydrogen-bond acceptors (Lipinski definition) is 4. The molecule has 1 amide bonds. The van der Waals surface area contributed by atoms with Crippen molar-refractivity contribution in [2.75, 3.05) is 13.1 Å². The first-order chi connectivity index (χ1) is 10.4. The lowest BCUT2D eigenvalue weighted by Gasteiger charge is -2.39. The van der Waals surface area contributed by atoms with Gasteiger partial charge in [0.15, 0.2) is 0 Å². The van der Waals surface area contributed by atoms with Gasteiger partial charge in [-0.1, -0.05) is 19.9 Å². The quantitative estimate of drug-likeness (QED) is 0.731. The molecule has 1 atom stereocenters. The van der Waals surface area contributed by atoms with Crippen molar-refractivity contribution in [3.63, 3.8) is 0 Å². The summed E-state index contributed by atoms with van der Waals surface area (Å²) in [4.78, 5) is 13.8. The van der Waals surface area contributed by atoms with E-state index in [0.29, 0.717) is 19.0 Å². The van der Waals surface area contributed by atoms with Gasteiger partial charge in [-0.15, -0.1) is 0 Å². The van der Waals surface area contributed by atoms with Crippen molar-refractivity contribution in [3.05, 3.63) is 11.5 Å². The molecule has 0 N–H and O–H groups in total. The number of carbonyl (C=O) groups excluding carboxylic acids is 1. The number of nitrogens with zero attached hydrogens (tertiary/aromatic N) is 1. The Bertz CT molecular complexity index is 509. The second kappa shape index (κ2) is 5.81. The van der Waals surface area contributed by atoms with E-state index in [2.05, 4.69) is 34.6 Å². The summed E-state index contributed by atoms with van der Waals surface area (Å²) in [5.41, 5.74) is -0.240. The molecule has 1 saturated heterocycles. The Morgan fingerprint density at radius 3 is 2.39 bits per heavy atom. The van der Waals surface area contributed by atoms with E-state index < -0.39 is 12.7 Å². The van der Waals surface area contributed by atoms with Crippen LogP contribution in [0.25, 0.3) is 0 Å². The van der Waals surface area contributed by atoms with Gasteiger partial charge < -0.3 is 18.9 Å². The highest BCUT2D eigenvalue weighted by atomic mass is 16.7. The molecule has 0 radical (unpaired) electrons. The van der Waals surface area contributed by atoms with Crippen LogP contribution in [0.5, 0.6) is 0 Å². The van der Waals surface area contributed by atoms with Crippen LogP contribution >= 0.6 is 0 Å². The van der Waals surface area contributed by atoms with Gasteiger partial charge in [0.2, 0.25) is 0 Å². The molecule has 2 aliphatic heterocycles. The van der Waals surface area contributed by atoms with Crippen molar-refractivity contribution in [1.82, 2.24) is 4.90 Å². The second-order valence-electron chi connectivity index (χ2n) is 8.48. The molecule has 0 aromatic carbocycles. The lowest BCUT2D eigenvalue weighted by molar-refractivity contribution is -0.0435. The molecule has 2 aliphatic rings. The average molecular weight is 323 g/mol. The maximum atomic E-state index is 12.2. The first-order valence-corrected chi connectivity index (χ1v) is 8.38. The van der Waals surface area contributed by atoms with Crippen molar-refractivity contribution < 1.29 is 18.8 Å².